The minimum atomic E-state index is -0.362. The highest BCUT2D eigenvalue weighted by Crippen LogP contribution is 2.17. The molecule has 0 aliphatic rings. The lowest BCUT2D eigenvalue weighted by atomic mass is 10.1. The summed E-state index contributed by atoms with van der Waals surface area (Å²) in [6.07, 6.45) is 7.49. The maximum absolute atomic E-state index is 9.78. The molecule has 2 aromatic rings. The van der Waals surface area contributed by atoms with Crippen molar-refractivity contribution < 1.29 is 5.11 Å². The van der Waals surface area contributed by atoms with Crippen LogP contribution in [0.15, 0.2) is 30.7 Å². The zero-order valence-electron chi connectivity index (χ0n) is 12.0. The first-order valence-electron chi connectivity index (χ1n) is 7.01. The molecule has 0 saturated carbocycles. The van der Waals surface area contributed by atoms with Crippen molar-refractivity contribution in [3.8, 4) is 0 Å². The zero-order valence-corrected chi connectivity index (χ0v) is 12.0. The van der Waals surface area contributed by atoms with Crippen LogP contribution < -0.4 is 0 Å². The fraction of sp³-hybridized carbons (Fsp3) is 0.533. The highest BCUT2D eigenvalue weighted by molar-refractivity contribution is 5.14. The van der Waals surface area contributed by atoms with Gasteiger partial charge in [0.15, 0.2) is 0 Å². The molecule has 0 fully saturated rings. The normalized spacial score (nSPS) is 14.5. The van der Waals surface area contributed by atoms with Crippen LogP contribution in [0.3, 0.4) is 0 Å². The summed E-state index contributed by atoms with van der Waals surface area (Å²) in [5.41, 5.74) is 2.03. The van der Waals surface area contributed by atoms with Gasteiger partial charge in [0.05, 0.1) is 18.3 Å². The van der Waals surface area contributed by atoms with Crippen LogP contribution in [0, 0.1) is 0 Å². The lowest BCUT2D eigenvalue weighted by Gasteiger charge is -2.08. The van der Waals surface area contributed by atoms with Gasteiger partial charge in [-0.05, 0) is 37.5 Å². The average Bonchev–Trinajstić information content (AvgIpc) is 3.07. The standard InChI is InChI=1S/C15H23N3O/c1-4-12(3)18-9-7-14(16-18)11-17-8-6-13(10-17)15(19)5-2/h6-10,12,15,19H,4-5,11H2,1-3H3. The molecule has 2 unspecified atom stereocenters. The number of hydrogen-bond donors (Lipinski definition) is 1. The lowest BCUT2D eigenvalue weighted by molar-refractivity contribution is 0.173. The fourth-order valence-corrected chi connectivity index (χ4v) is 2.07. The quantitative estimate of drug-likeness (QED) is 0.868. The van der Waals surface area contributed by atoms with Crippen LogP contribution in [0.2, 0.25) is 0 Å². The molecule has 0 radical (unpaired) electrons. The van der Waals surface area contributed by atoms with Crippen molar-refractivity contribution in [2.24, 2.45) is 0 Å². The number of aromatic nitrogens is 3. The van der Waals surface area contributed by atoms with E-state index in [0.29, 0.717) is 6.04 Å². The molecule has 4 nitrogen and oxygen atoms in total. The first kappa shape index (κ1) is 13.9. The Morgan fingerprint density at radius 1 is 1.21 bits per heavy atom. The Kier molecular flexibility index (Phi) is 4.43. The van der Waals surface area contributed by atoms with Gasteiger partial charge in [-0.1, -0.05) is 13.8 Å². The molecule has 1 N–H and O–H groups in total. The topological polar surface area (TPSA) is 43.0 Å². The Labute approximate surface area is 114 Å². The third kappa shape index (κ3) is 3.26. The molecule has 2 rings (SSSR count). The number of hydrogen-bond acceptors (Lipinski definition) is 2. The Morgan fingerprint density at radius 3 is 2.68 bits per heavy atom. The van der Waals surface area contributed by atoms with E-state index in [-0.39, 0.29) is 6.10 Å². The zero-order chi connectivity index (χ0) is 13.8. The van der Waals surface area contributed by atoms with E-state index in [2.05, 4.69) is 29.6 Å². The molecule has 19 heavy (non-hydrogen) atoms. The second-order valence-corrected chi connectivity index (χ2v) is 5.09. The molecule has 0 amide bonds. The van der Waals surface area contributed by atoms with E-state index in [4.69, 9.17) is 0 Å². The van der Waals surface area contributed by atoms with Crippen molar-refractivity contribution in [1.29, 1.82) is 0 Å². The summed E-state index contributed by atoms with van der Waals surface area (Å²) in [7, 11) is 0. The van der Waals surface area contributed by atoms with Crippen molar-refractivity contribution >= 4 is 0 Å². The number of aliphatic hydroxyl groups excluding tert-OH is 1. The van der Waals surface area contributed by atoms with Gasteiger partial charge >= 0.3 is 0 Å². The SMILES string of the molecule is CCC(O)c1ccn(Cc2ccn(C(C)CC)n2)c1. The smallest absolute Gasteiger partial charge is 0.0821 e. The fourth-order valence-electron chi connectivity index (χ4n) is 2.07. The molecule has 2 heterocycles. The maximum Gasteiger partial charge on any atom is 0.0821 e. The molecule has 104 valence electrons. The molecular weight excluding hydrogens is 238 g/mol. The minimum absolute atomic E-state index is 0.362. The molecule has 2 atom stereocenters. The predicted octanol–water partition coefficient (Wildman–Crippen LogP) is 3.15. The third-order valence-electron chi connectivity index (χ3n) is 3.60. The van der Waals surface area contributed by atoms with E-state index in [1.807, 2.05) is 36.3 Å². The molecule has 2 aromatic heterocycles. The Hall–Kier alpha value is -1.55. The van der Waals surface area contributed by atoms with Gasteiger partial charge in [0.2, 0.25) is 0 Å². The van der Waals surface area contributed by atoms with E-state index in [1.165, 1.54) is 0 Å². The van der Waals surface area contributed by atoms with Crippen LogP contribution in [-0.4, -0.2) is 19.5 Å². The van der Waals surface area contributed by atoms with E-state index in [1.54, 1.807) is 0 Å². The third-order valence-corrected chi connectivity index (χ3v) is 3.60. The molecule has 0 bridgehead atoms. The van der Waals surface area contributed by atoms with Gasteiger partial charge < -0.3 is 9.67 Å². The highest BCUT2D eigenvalue weighted by Gasteiger charge is 2.08. The first-order valence-corrected chi connectivity index (χ1v) is 7.01. The summed E-state index contributed by atoms with van der Waals surface area (Å²) in [5.74, 6) is 0. The molecule has 0 spiro atoms. The maximum atomic E-state index is 9.78. The predicted molar refractivity (Wildman–Crippen MR) is 76.0 cm³/mol. The highest BCUT2D eigenvalue weighted by atomic mass is 16.3. The Balaban J connectivity index is 2.04. The van der Waals surface area contributed by atoms with Crippen molar-refractivity contribution in [2.75, 3.05) is 0 Å². The number of rotatable bonds is 6. The average molecular weight is 261 g/mol. The van der Waals surface area contributed by atoms with Gasteiger partial charge in [-0.3, -0.25) is 4.68 Å². The van der Waals surface area contributed by atoms with Crippen LogP contribution in [-0.2, 0) is 6.54 Å². The molecular formula is C15H23N3O. The Bertz CT molecular complexity index is 469. The van der Waals surface area contributed by atoms with Gasteiger partial charge in [0, 0.05) is 24.6 Å². The second-order valence-electron chi connectivity index (χ2n) is 5.09. The summed E-state index contributed by atoms with van der Waals surface area (Å²) in [6.45, 7) is 7.06. The summed E-state index contributed by atoms with van der Waals surface area (Å²) >= 11 is 0. The van der Waals surface area contributed by atoms with Gasteiger partial charge in [-0.15, -0.1) is 0 Å². The van der Waals surface area contributed by atoms with Gasteiger partial charge in [0.25, 0.3) is 0 Å². The summed E-state index contributed by atoms with van der Waals surface area (Å²) < 4.78 is 4.08. The van der Waals surface area contributed by atoms with Crippen LogP contribution in [0.4, 0.5) is 0 Å². The molecule has 0 aliphatic heterocycles. The van der Waals surface area contributed by atoms with Crippen LogP contribution in [0.5, 0.6) is 0 Å². The first-order chi connectivity index (χ1) is 9.13. The van der Waals surface area contributed by atoms with Crippen molar-refractivity contribution in [1.82, 2.24) is 14.3 Å². The number of nitrogens with zero attached hydrogens (tertiary/aromatic N) is 3. The number of aliphatic hydroxyl groups is 1. The minimum Gasteiger partial charge on any atom is -0.388 e. The van der Waals surface area contributed by atoms with E-state index < -0.39 is 0 Å². The molecule has 0 saturated heterocycles. The van der Waals surface area contributed by atoms with Gasteiger partial charge in [0.1, 0.15) is 0 Å². The molecule has 0 aromatic carbocycles. The van der Waals surface area contributed by atoms with Crippen molar-refractivity contribution in [2.45, 2.75) is 52.3 Å². The van der Waals surface area contributed by atoms with E-state index in [0.717, 1.165) is 30.6 Å². The monoisotopic (exact) mass is 261 g/mol. The molecule has 4 heteroatoms. The lowest BCUT2D eigenvalue weighted by Crippen LogP contribution is -2.06. The Morgan fingerprint density at radius 2 is 2.00 bits per heavy atom. The van der Waals surface area contributed by atoms with Crippen LogP contribution in [0.25, 0.3) is 0 Å². The summed E-state index contributed by atoms with van der Waals surface area (Å²) in [4.78, 5) is 0. The summed E-state index contributed by atoms with van der Waals surface area (Å²) in [5, 5.41) is 14.4. The second kappa shape index (κ2) is 6.06. The summed E-state index contributed by atoms with van der Waals surface area (Å²) in [6, 6.07) is 4.47. The van der Waals surface area contributed by atoms with Crippen LogP contribution in [0.1, 0.15) is 57.0 Å². The van der Waals surface area contributed by atoms with Crippen molar-refractivity contribution in [3.63, 3.8) is 0 Å². The van der Waals surface area contributed by atoms with Gasteiger partial charge in [-0.25, -0.2) is 0 Å². The van der Waals surface area contributed by atoms with Crippen LogP contribution >= 0.6 is 0 Å². The van der Waals surface area contributed by atoms with Crippen molar-refractivity contribution in [3.05, 3.63) is 42.0 Å². The largest absolute Gasteiger partial charge is 0.388 e. The van der Waals surface area contributed by atoms with Gasteiger partial charge in [-0.2, -0.15) is 5.10 Å². The van der Waals surface area contributed by atoms with E-state index in [9.17, 15) is 5.11 Å². The molecule has 0 aliphatic carbocycles. The van der Waals surface area contributed by atoms with E-state index >= 15 is 0 Å².